The first-order valence-corrected chi connectivity index (χ1v) is 10.5. The lowest BCUT2D eigenvalue weighted by Crippen LogP contribution is -2.54. The lowest BCUT2D eigenvalue weighted by atomic mass is 9.95. The number of ether oxygens (including phenoxy) is 1. The first-order chi connectivity index (χ1) is 14.6. The van der Waals surface area contributed by atoms with Gasteiger partial charge in [0.1, 0.15) is 16.6 Å². The second-order valence-electron chi connectivity index (χ2n) is 7.86. The van der Waals surface area contributed by atoms with Crippen LogP contribution in [0.5, 0.6) is 0 Å². The summed E-state index contributed by atoms with van der Waals surface area (Å²) in [6.07, 6.45) is 7.66. The van der Waals surface area contributed by atoms with Crippen molar-refractivity contribution in [2.24, 2.45) is 0 Å². The van der Waals surface area contributed by atoms with Crippen molar-refractivity contribution >= 4 is 17.3 Å². The first-order valence-electron chi connectivity index (χ1n) is 10.1. The minimum atomic E-state index is -0.170. The van der Waals surface area contributed by atoms with E-state index in [2.05, 4.69) is 20.1 Å². The van der Waals surface area contributed by atoms with Gasteiger partial charge in [-0.15, -0.1) is 0 Å². The third-order valence-corrected chi connectivity index (χ3v) is 6.02. The van der Waals surface area contributed by atoms with Crippen LogP contribution in [0, 0.1) is 6.92 Å². The van der Waals surface area contributed by atoms with Crippen molar-refractivity contribution in [1.82, 2.24) is 19.9 Å². The number of hydrogen-bond donors (Lipinski definition) is 0. The quantitative estimate of drug-likeness (QED) is 0.559. The summed E-state index contributed by atoms with van der Waals surface area (Å²) >= 11 is 5.87. The monoisotopic (exact) mass is 427 g/mol. The van der Waals surface area contributed by atoms with Crippen LogP contribution in [0.25, 0.3) is 11.3 Å². The third kappa shape index (κ3) is 3.73. The molecule has 0 atom stereocenters. The van der Waals surface area contributed by atoms with E-state index in [0.29, 0.717) is 22.7 Å². The van der Waals surface area contributed by atoms with Crippen LogP contribution in [0.15, 0.2) is 39.9 Å². The molecule has 3 aromatic heterocycles. The normalized spacial score (nSPS) is 17.1. The van der Waals surface area contributed by atoms with Gasteiger partial charge in [0.15, 0.2) is 0 Å². The zero-order chi connectivity index (χ0) is 20.7. The van der Waals surface area contributed by atoms with Gasteiger partial charge in [0, 0.05) is 36.5 Å². The molecule has 8 nitrogen and oxygen atoms in total. The standard InChI is InChI=1S/C21H22ClN5O3/c1-13-18(21(25-30-13)14-5-6-19(22)23-8-14)12-27-20(28)7-15(9-24-27)26-10-17(11-26)29-16-3-2-4-16/h5-9,16-17H,2-4,10-12H2,1H3. The van der Waals surface area contributed by atoms with Gasteiger partial charge in [-0.05, 0) is 38.3 Å². The number of halogens is 1. The van der Waals surface area contributed by atoms with Crippen molar-refractivity contribution < 1.29 is 9.26 Å². The van der Waals surface area contributed by atoms with E-state index in [1.807, 2.05) is 13.0 Å². The lowest BCUT2D eigenvalue weighted by molar-refractivity contribution is -0.0614. The molecule has 9 heteroatoms. The number of anilines is 1. The molecule has 3 aromatic rings. The van der Waals surface area contributed by atoms with Crippen LogP contribution in [-0.4, -0.2) is 45.2 Å². The smallest absolute Gasteiger partial charge is 0.269 e. The number of hydrogen-bond acceptors (Lipinski definition) is 7. The average Bonchev–Trinajstić information content (AvgIpc) is 3.02. The maximum absolute atomic E-state index is 12.7. The van der Waals surface area contributed by atoms with Gasteiger partial charge in [-0.1, -0.05) is 16.8 Å². The molecule has 0 spiro atoms. The Morgan fingerprint density at radius 2 is 2.07 bits per heavy atom. The molecule has 30 heavy (non-hydrogen) atoms. The molecule has 0 bridgehead atoms. The topological polar surface area (TPSA) is 86.3 Å². The summed E-state index contributed by atoms with van der Waals surface area (Å²) in [5.74, 6) is 0.636. The Kier molecular flexibility index (Phi) is 5.04. The van der Waals surface area contributed by atoms with Crippen molar-refractivity contribution in [2.75, 3.05) is 18.0 Å². The highest BCUT2D eigenvalue weighted by Gasteiger charge is 2.32. The van der Waals surface area contributed by atoms with E-state index in [1.54, 1.807) is 24.5 Å². The SMILES string of the molecule is Cc1onc(-c2ccc(Cl)nc2)c1Cn1ncc(N2CC(OC3CCC3)C2)cc1=O. The molecule has 0 unspecified atom stereocenters. The Labute approximate surface area is 178 Å². The lowest BCUT2D eigenvalue weighted by Gasteiger charge is -2.43. The Morgan fingerprint density at radius 3 is 2.73 bits per heavy atom. The van der Waals surface area contributed by atoms with Crippen LogP contribution in [0.1, 0.15) is 30.6 Å². The van der Waals surface area contributed by atoms with Gasteiger partial charge in [0.25, 0.3) is 5.56 Å². The summed E-state index contributed by atoms with van der Waals surface area (Å²) in [4.78, 5) is 18.9. The van der Waals surface area contributed by atoms with Gasteiger partial charge in [0.2, 0.25) is 0 Å². The third-order valence-electron chi connectivity index (χ3n) is 5.80. The fourth-order valence-corrected chi connectivity index (χ4v) is 3.81. The van der Waals surface area contributed by atoms with Gasteiger partial charge in [0.05, 0.1) is 30.6 Å². The highest BCUT2D eigenvalue weighted by atomic mass is 35.5. The molecule has 0 amide bonds. The van der Waals surface area contributed by atoms with Crippen LogP contribution >= 0.6 is 11.6 Å². The minimum absolute atomic E-state index is 0.170. The molecule has 0 N–H and O–H groups in total. The maximum atomic E-state index is 12.7. The summed E-state index contributed by atoms with van der Waals surface area (Å²) in [6, 6.07) is 5.14. The van der Waals surface area contributed by atoms with Crippen LogP contribution in [0.2, 0.25) is 5.15 Å². The minimum Gasteiger partial charge on any atom is -0.371 e. The Balaban J connectivity index is 1.30. The van der Waals surface area contributed by atoms with Crippen LogP contribution in [0.4, 0.5) is 5.69 Å². The number of pyridine rings is 1. The zero-order valence-electron chi connectivity index (χ0n) is 16.6. The average molecular weight is 428 g/mol. The van der Waals surface area contributed by atoms with Gasteiger partial charge in [-0.3, -0.25) is 4.79 Å². The van der Waals surface area contributed by atoms with Crippen molar-refractivity contribution in [1.29, 1.82) is 0 Å². The summed E-state index contributed by atoms with van der Waals surface area (Å²) in [5, 5.41) is 8.91. The molecule has 1 aliphatic carbocycles. The molecule has 1 aliphatic heterocycles. The number of aromatic nitrogens is 4. The predicted molar refractivity (Wildman–Crippen MR) is 112 cm³/mol. The number of nitrogens with zero attached hydrogens (tertiary/aromatic N) is 5. The molecule has 2 aliphatic rings. The van der Waals surface area contributed by atoms with Gasteiger partial charge >= 0.3 is 0 Å². The van der Waals surface area contributed by atoms with Crippen LogP contribution in [0.3, 0.4) is 0 Å². The Hall–Kier alpha value is -2.71. The fraction of sp³-hybridized carbons (Fsp3) is 0.429. The van der Waals surface area contributed by atoms with E-state index < -0.39 is 0 Å². The molecule has 1 saturated heterocycles. The molecule has 1 saturated carbocycles. The zero-order valence-corrected chi connectivity index (χ0v) is 17.4. The fourth-order valence-electron chi connectivity index (χ4n) is 3.70. The van der Waals surface area contributed by atoms with Crippen LogP contribution < -0.4 is 10.5 Å². The molecular weight excluding hydrogens is 406 g/mol. The van der Waals surface area contributed by atoms with Crippen molar-refractivity contribution in [3.05, 3.63) is 57.4 Å². The van der Waals surface area contributed by atoms with E-state index in [-0.39, 0.29) is 18.2 Å². The van der Waals surface area contributed by atoms with Crippen molar-refractivity contribution in [2.45, 2.75) is 44.9 Å². The summed E-state index contributed by atoms with van der Waals surface area (Å²) in [5.41, 5.74) is 2.85. The largest absolute Gasteiger partial charge is 0.371 e. The number of aryl methyl sites for hydroxylation is 1. The molecule has 4 heterocycles. The van der Waals surface area contributed by atoms with Crippen molar-refractivity contribution in [3.8, 4) is 11.3 Å². The van der Waals surface area contributed by atoms with Gasteiger partial charge in [-0.25, -0.2) is 9.67 Å². The Morgan fingerprint density at radius 1 is 1.23 bits per heavy atom. The molecule has 0 radical (unpaired) electrons. The summed E-state index contributed by atoms with van der Waals surface area (Å²) in [6.45, 7) is 3.69. The molecular formula is C21H22ClN5O3. The number of rotatable bonds is 6. The molecule has 156 valence electrons. The van der Waals surface area contributed by atoms with Gasteiger partial charge < -0.3 is 14.2 Å². The van der Waals surface area contributed by atoms with Gasteiger partial charge in [-0.2, -0.15) is 5.10 Å². The van der Waals surface area contributed by atoms with E-state index in [0.717, 1.165) is 29.9 Å². The van der Waals surface area contributed by atoms with Crippen LogP contribution in [-0.2, 0) is 11.3 Å². The molecule has 5 rings (SSSR count). The first kappa shape index (κ1) is 19.3. The highest BCUT2D eigenvalue weighted by molar-refractivity contribution is 6.29. The predicted octanol–water partition coefficient (Wildman–Crippen LogP) is 3.06. The summed E-state index contributed by atoms with van der Waals surface area (Å²) in [7, 11) is 0. The second kappa shape index (κ2) is 7.85. The Bertz CT molecular complexity index is 1100. The molecule has 2 fully saturated rings. The summed E-state index contributed by atoms with van der Waals surface area (Å²) < 4.78 is 12.8. The molecule has 0 aromatic carbocycles. The highest BCUT2D eigenvalue weighted by Crippen LogP contribution is 2.28. The maximum Gasteiger partial charge on any atom is 0.269 e. The van der Waals surface area contributed by atoms with E-state index in [1.165, 1.54) is 23.9 Å². The van der Waals surface area contributed by atoms with E-state index in [4.69, 9.17) is 20.9 Å². The van der Waals surface area contributed by atoms with Crippen molar-refractivity contribution in [3.63, 3.8) is 0 Å². The van der Waals surface area contributed by atoms with E-state index >= 15 is 0 Å². The second-order valence-corrected chi connectivity index (χ2v) is 8.25. The van der Waals surface area contributed by atoms with E-state index in [9.17, 15) is 4.79 Å².